The van der Waals surface area contributed by atoms with Crippen molar-refractivity contribution in [1.29, 1.82) is 5.41 Å². The number of anilines is 1. The van der Waals surface area contributed by atoms with E-state index in [-0.39, 0.29) is 12.0 Å². The van der Waals surface area contributed by atoms with Crippen LogP contribution in [0.25, 0.3) is 0 Å². The van der Waals surface area contributed by atoms with Gasteiger partial charge in [0.25, 0.3) is 0 Å². The Bertz CT molecular complexity index is 411. The molecule has 0 radical (unpaired) electrons. The number of nitrogens with zero attached hydrogens (tertiary/aromatic N) is 1. The smallest absolute Gasteiger partial charge is 0.192 e. The molecular weight excluding hydrogens is 200 g/mol. The number of hydrogen-bond acceptors (Lipinski definition) is 2. The number of hydrogen-bond donors (Lipinski definition) is 1. The largest absolute Gasteiger partial charge is 0.467 e. The minimum Gasteiger partial charge on any atom is -0.467 e. The number of benzene rings is 1. The van der Waals surface area contributed by atoms with Gasteiger partial charge in [0.15, 0.2) is 12.0 Å². The highest BCUT2D eigenvalue weighted by Gasteiger charge is 2.35. The minimum absolute atomic E-state index is 0.187. The fourth-order valence-electron chi connectivity index (χ4n) is 1.83. The molecule has 0 aromatic heterocycles. The first-order valence-electron chi connectivity index (χ1n) is 5.40. The molecule has 3 nitrogen and oxygen atoms in total. The average molecular weight is 216 g/mol. The number of rotatable bonds is 2. The van der Waals surface area contributed by atoms with Crippen molar-refractivity contribution in [2.24, 2.45) is 5.92 Å². The van der Waals surface area contributed by atoms with Crippen LogP contribution >= 0.6 is 0 Å². The van der Waals surface area contributed by atoms with E-state index in [1.807, 2.05) is 44.2 Å². The molecule has 0 aliphatic carbocycles. The van der Waals surface area contributed by atoms with Gasteiger partial charge in [0, 0.05) is 0 Å². The molecule has 0 saturated carbocycles. The third-order valence-corrected chi connectivity index (χ3v) is 2.64. The van der Waals surface area contributed by atoms with E-state index in [9.17, 15) is 0 Å². The van der Waals surface area contributed by atoms with E-state index in [2.05, 4.69) is 6.58 Å². The second kappa shape index (κ2) is 4.00. The molecule has 2 rings (SSSR count). The lowest BCUT2D eigenvalue weighted by Crippen LogP contribution is -2.30. The number of amidine groups is 1. The first-order valence-corrected chi connectivity index (χ1v) is 5.40. The molecule has 0 amide bonds. The Balaban J connectivity index is 2.30. The van der Waals surface area contributed by atoms with Crippen LogP contribution in [0.3, 0.4) is 0 Å². The van der Waals surface area contributed by atoms with Gasteiger partial charge in [-0.1, -0.05) is 32.0 Å². The van der Waals surface area contributed by atoms with Gasteiger partial charge in [-0.2, -0.15) is 0 Å². The second-order valence-corrected chi connectivity index (χ2v) is 4.23. The molecule has 1 aromatic rings. The molecule has 1 saturated heterocycles. The van der Waals surface area contributed by atoms with Gasteiger partial charge in [-0.05, 0) is 24.6 Å². The van der Waals surface area contributed by atoms with Gasteiger partial charge in [0.1, 0.15) is 5.84 Å². The summed E-state index contributed by atoms with van der Waals surface area (Å²) in [5.74, 6) is 1.28. The molecule has 1 aliphatic rings. The standard InChI is InChI=1S/C13H16N2O/c1-9(2)12-13(14)15(10(3)16-12)11-7-5-4-6-8-11/h4-9,12,14H,3H2,1-2H3. The van der Waals surface area contributed by atoms with Crippen molar-refractivity contribution >= 4 is 11.5 Å². The fraction of sp³-hybridized carbons (Fsp3) is 0.308. The molecule has 1 unspecified atom stereocenters. The van der Waals surface area contributed by atoms with Crippen molar-refractivity contribution in [2.45, 2.75) is 20.0 Å². The van der Waals surface area contributed by atoms with Crippen LogP contribution in [0.5, 0.6) is 0 Å². The monoisotopic (exact) mass is 216 g/mol. The Hall–Kier alpha value is -1.77. The second-order valence-electron chi connectivity index (χ2n) is 4.23. The molecule has 16 heavy (non-hydrogen) atoms. The molecule has 0 spiro atoms. The topological polar surface area (TPSA) is 36.3 Å². The third-order valence-electron chi connectivity index (χ3n) is 2.64. The highest BCUT2D eigenvalue weighted by molar-refractivity contribution is 6.03. The van der Waals surface area contributed by atoms with E-state index < -0.39 is 0 Å². The molecule has 1 atom stereocenters. The predicted octanol–water partition coefficient (Wildman–Crippen LogP) is 3.00. The lowest BCUT2D eigenvalue weighted by atomic mass is 10.1. The average Bonchev–Trinajstić information content (AvgIpc) is 2.56. The summed E-state index contributed by atoms with van der Waals surface area (Å²) in [4.78, 5) is 1.75. The summed E-state index contributed by atoms with van der Waals surface area (Å²) in [5.41, 5.74) is 0.931. The van der Waals surface area contributed by atoms with Gasteiger partial charge in [0.05, 0.1) is 5.69 Å². The molecule has 1 aliphatic heterocycles. The van der Waals surface area contributed by atoms with Crippen molar-refractivity contribution in [1.82, 2.24) is 0 Å². The number of ether oxygens (including phenoxy) is 1. The third kappa shape index (κ3) is 1.69. The van der Waals surface area contributed by atoms with Gasteiger partial charge in [-0.3, -0.25) is 10.3 Å². The van der Waals surface area contributed by atoms with Crippen LogP contribution in [0, 0.1) is 11.3 Å². The van der Waals surface area contributed by atoms with E-state index in [0.29, 0.717) is 11.7 Å². The van der Waals surface area contributed by atoms with Crippen molar-refractivity contribution in [3.8, 4) is 0 Å². The summed E-state index contributed by atoms with van der Waals surface area (Å²) < 4.78 is 5.61. The number of para-hydroxylation sites is 1. The zero-order valence-corrected chi connectivity index (χ0v) is 9.60. The summed E-state index contributed by atoms with van der Waals surface area (Å²) in [5, 5.41) is 8.10. The summed E-state index contributed by atoms with van der Waals surface area (Å²) in [7, 11) is 0. The zero-order valence-electron chi connectivity index (χ0n) is 9.60. The molecule has 0 bridgehead atoms. The molecular formula is C13H16N2O. The van der Waals surface area contributed by atoms with E-state index in [4.69, 9.17) is 10.1 Å². The summed E-state index contributed by atoms with van der Waals surface area (Å²) in [6.07, 6.45) is -0.187. The molecule has 1 aromatic carbocycles. The van der Waals surface area contributed by atoms with Gasteiger partial charge < -0.3 is 4.74 Å². The Morgan fingerprint density at radius 1 is 1.31 bits per heavy atom. The Kier molecular flexibility index (Phi) is 2.69. The van der Waals surface area contributed by atoms with E-state index >= 15 is 0 Å². The fourth-order valence-corrected chi connectivity index (χ4v) is 1.83. The van der Waals surface area contributed by atoms with Crippen molar-refractivity contribution in [2.75, 3.05) is 4.90 Å². The Labute approximate surface area is 95.8 Å². The quantitative estimate of drug-likeness (QED) is 0.825. The molecule has 1 fully saturated rings. The van der Waals surface area contributed by atoms with E-state index in [1.54, 1.807) is 4.90 Å². The summed E-state index contributed by atoms with van der Waals surface area (Å²) in [6.45, 7) is 7.94. The maximum Gasteiger partial charge on any atom is 0.192 e. The molecule has 3 heteroatoms. The Morgan fingerprint density at radius 3 is 2.44 bits per heavy atom. The van der Waals surface area contributed by atoms with Gasteiger partial charge in [0.2, 0.25) is 0 Å². The van der Waals surface area contributed by atoms with Crippen LogP contribution in [0.4, 0.5) is 5.69 Å². The van der Waals surface area contributed by atoms with Crippen molar-refractivity contribution < 1.29 is 4.74 Å². The van der Waals surface area contributed by atoms with Crippen molar-refractivity contribution in [3.05, 3.63) is 42.8 Å². The van der Waals surface area contributed by atoms with Crippen LogP contribution in [0.15, 0.2) is 42.8 Å². The summed E-state index contributed by atoms with van der Waals surface area (Å²) in [6, 6.07) is 9.74. The SMILES string of the molecule is C=C1OC(C(C)C)C(=N)N1c1ccccc1. The van der Waals surface area contributed by atoms with E-state index in [0.717, 1.165) is 5.69 Å². The van der Waals surface area contributed by atoms with Gasteiger partial charge in [-0.25, -0.2) is 0 Å². The highest BCUT2D eigenvalue weighted by atomic mass is 16.5. The highest BCUT2D eigenvalue weighted by Crippen LogP contribution is 2.30. The normalized spacial score (nSPS) is 20.4. The summed E-state index contributed by atoms with van der Waals surface area (Å²) >= 11 is 0. The Morgan fingerprint density at radius 2 is 1.94 bits per heavy atom. The van der Waals surface area contributed by atoms with Crippen LogP contribution in [-0.2, 0) is 4.74 Å². The maximum atomic E-state index is 8.10. The first-order chi connectivity index (χ1) is 7.61. The minimum atomic E-state index is -0.187. The van der Waals surface area contributed by atoms with Crippen molar-refractivity contribution in [3.63, 3.8) is 0 Å². The lowest BCUT2D eigenvalue weighted by molar-refractivity contribution is 0.154. The van der Waals surface area contributed by atoms with Crippen LogP contribution < -0.4 is 4.90 Å². The van der Waals surface area contributed by atoms with E-state index in [1.165, 1.54) is 0 Å². The van der Waals surface area contributed by atoms with Gasteiger partial charge >= 0.3 is 0 Å². The number of nitrogens with one attached hydrogen (secondary N) is 1. The lowest BCUT2D eigenvalue weighted by Gasteiger charge is -2.16. The molecule has 1 N–H and O–H groups in total. The first kappa shape index (κ1) is 10.7. The molecule has 84 valence electrons. The predicted molar refractivity (Wildman–Crippen MR) is 65.5 cm³/mol. The van der Waals surface area contributed by atoms with Crippen LogP contribution in [0.2, 0.25) is 0 Å². The van der Waals surface area contributed by atoms with Crippen LogP contribution in [-0.4, -0.2) is 11.9 Å². The zero-order chi connectivity index (χ0) is 11.7. The maximum absolute atomic E-state index is 8.10. The van der Waals surface area contributed by atoms with Crippen LogP contribution in [0.1, 0.15) is 13.8 Å². The van der Waals surface area contributed by atoms with Gasteiger partial charge in [-0.15, -0.1) is 0 Å². The molecule has 1 heterocycles.